The number of hydrogen-bond donors (Lipinski definition) is 2. The standard InChI is InChI=1S/C16H17BrN2O/c1-11-10-14(8-9-15(11)17)18-12(2)16(20)19-13-6-4-3-5-7-13/h3-10,12,18H,1-2H3,(H,19,20). The van der Waals surface area contributed by atoms with Crippen molar-refractivity contribution in [1.82, 2.24) is 0 Å². The van der Waals surface area contributed by atoms with E-state index >= 15 is 0 Å². The number of rotatable bonds is 4. The molecule has 1 amide bonds. The molecule has 1 atom stereocenters. The first-order chi connectivity index (χ1) is 9.56. The summed E-state index contributed by atoms with van der Waals surface area (Å²) in [6.07, 6.45) is 0. The van der Waals surface area contributed by atoms with Gasteiger partial charge in [0.2, 0.25) is 5.91 Å². The quantitative estimate of drug-likeness (QED) is 0.881. The van der Waals surface area contributed by atoms with E-state index in [0.29, 0.717) is 0 Å². The predicted octanol–water partition coefficient (Wildman–Crippen LogP) is 4.20. The third-order valence-corrected chi connectivity index (χ3v) is 3.87. The summed E-state index contributed by atoms with van der Waals surface area (Å²) in [5, 5.41) is 6.07. The van der Waals surface area contributed by atoms with Gasteiger partial charge in [-0.3, -0.25) is 4.79 Å². The second kappa shape index (κ2) is 6.57. The highest BCUT2D eigenvalue weighted by atomic mass is 79.9. The monoisotopic (exact) mass is 332 g/mol. The van der Waals surface area contributed by atoms with Crippen LogP contribution in [0.1, 0.15) is 12.5 Å². The minimum atomic E-state index is -0.309. The van der Waals surface area contributed by atoms with Gasteiger partial charge in [-0.05, 0) is 49.7 Å². The van der Waals surface area contributed by atoms with Crippen molar-refractivity contribution in [2.45, 2.75) is 19.9 Å². The Kier molecular flexibility index (Phi) is 4.79. The first-order valence-electron chi connectivity index (χ1n) is 6.45. The van der Waals surface area contributed by atoms with E-state index in [1.165, 1.54) is 0 Å². The number of hydrogen-bond acceptors (Lipinski definition) is 2. The van der Waals surface area contributed by atoms with Gasteiger partial charge in [-0.15, -0.1) is 0 Å². The smallest absolute Gasteiger partial charge is 0.246 e. The van der Waals surface area contributed by atoms with E-state index in [0.717, 1.165) is 21.4 Å². The molecule has 0 fully saturated rings. The molecule has 4 heteroatoms. The van der Waals surface area contributed by atoms with Crippen LogP contribution in [0.25, 0.3) is 0 Å². The first kappa shape index (κ1) is 14.6. The molecule has 0 saturated heterocycles. The van der Waals surface area contributed by atoms with Crippen molar-refractivity contribution in [3.8, 4) is 0 Å². The van der Waals surface area contributed by atoms with Gasteiger partial charge in [-0.25, -0.2) is 0 Å². The number of benzene rings is 2. The van der Waals surface area contributed by atoms with Gasteiger partial charge in [0.05, 0.1) is 0 Å². The molecule has 0 saturated carbocycles. The van der Waals surface area contributed by atoms with E-state index in [-0.39, 0.29) is 11.9 Å². The molecule has 0 aliphatic heterocycles. The number of para-hydroxylation sites is 1. The molecule has 0 radical (unpaired) electrons. The van der Waals surface area contributed by atoms with Crippen LogP contribution < -0.4 is 10.6 Å². The van der Waals surface area contributed by atoms with Gasteiger partial charge in [0.25, 0.3) is 0 Å². The van der Waals surface area contributed by atoms with E-state index < -0.39 is 0 Å². The molecule has 2 N–H and O–H groups in total. The zero-order chi connectivity index (χ0) is 14.5. The maximum absolute atomic E-state index is 12.1. The van der Waals surface area contributed by atoms with Crippen molar-refractivity contribution in [3.63, 3.8) is 0 Å². The number of anilines is 2. The lowest BCUT2D eigenvalue weighted by Gasteiger charge is -2.16. The van der Waals surface area contributed by atoms with Gasteiger partial charge in [-0.1, -0.05) is 34.1 Å². The summed E-state index contributed by atoms with van der Waals surface area (Å²) in [4.78, 5) is 12.1. The lowest BCUT2D eigenvalue weighted by atomic mass is 10.2. The summed E-state index contributed by atoms with van der Waals surface area (Å²) in [7, 11) is 0. The van der Waals surface area contributed by atoms with Crippen LogP contribution in [-0.4, -0.2) is 11.9 Å². The fourth-order valence-electron chi connectivity index (χ4n) is 1.82. The zero-order valence-electron chi connectivity index (χ0n) is 11.5. The van der Waals surface area contributed by atoms with Crippen molar-refractivity contribution < 1.29 is 4.79 Å². The normalized spacial score (nSPS) is 11.8. The number of aryl methyl sites for hydroxylation is 1. The molecular weight excluding hydrogens is 316 g/mol. The molecule has 2 aromatic carbocycles. The van der Waals surface area contributed by atoms with Gasteiger partial charge in [0, 0.05) is 15.8 Å². The molecule has 0 aliphatic rings. The molecule has 3 nitrogen and oxygen atoms in total. The summed E-state index contributed by atoms with van der Waals surface area (Å²) in [6.45, 7) is 3.86. The van der Waals surface area contributed by atoms with Crippen LogP contribution in [0.15, 0.2) is 53.0 Å². The van der Waals surface area contributed by atoms with Crippen LogP contribution in [0.5, 0.6) is 0 Å². The summed E-state index contributed by atoms with van der Waals surface area (Å²) in [5.41, 5.74) is 2.87. The van der Waals surface area contributed by atoms with Gasteiger partial charge >= 0.3 is 0 Å². The second-order valence-electron chi connectivity index (χ2n) is 4.69. The summed E-state index contributed by atoms with van der Waals surface area (Å²) < 4.78 is 1.06. The van der Waals surface area contributed by atoms with Gasteiger partial charge in [0.1, 0.15) is 6.04 Å². The van der Waals surface area contributed by atoms with Crippen LogP contribution in [0.2, 0.25) is 0 Å². The van der Waals surface area contributed by atoms with Crippen LogP contribution >= 0.6 is 15.9 Å². The topological polar surface area (TPSA) is 41.1 Å². The highest BCUT2D eigenvalue weighted by Crippen LogP contribution is 2.20. The van der Waals surface area contributed by atoms with Crippen LogP contribution in [0.3, 0.4) is 0 Å². The molecule has 2 rings (SSSR count). The Morgan fingerprint density at radius 1 is 1.10 bits per heavy atom. The third kappa shape index (κ3) is 3.84. The summed E-state index contributed by atoms with van der Waals surface area (Å²) in [6, 6.07) is 15.1. The Hall–Kier alpha value is -1.81. The van der Waals surface area contributed by atoms with Crippen molar-refractivity contribution in [3.05, 3.63) is 58.6 Å². The largest absolute Gasteiger partial charge is 0.374 e. The maximum atomic E-state index is 12.1. The number of amides is 1. The molecule has 2 aromatic rings. The summed E-state index contributed by atoms with van der Waals surface area (Å²) >= 11 is 3.46. The second-order valence-corrected chi connectivity index (χ2v) is 5.54. The fourth-order valence-corrected chi connectivity index (χ4v) is 2.07. The van der Waals surface area contributed by atoms with Gasteiger partial charge < -0.3 is 10.6 Å². The highest BCUT2D eigenvalue weighted by molar-refractivity contribution is 9.10. The van der Waals surface area contributed by atoms with Crippen molar-refractivity contribution in [1.29, 1.82) is 0 Å². The van der Waals surface area contributed by atoms with E-state index in [2.05, 4.69) is 26.6 Å². The van der Waals surface area contributed by atoms with Crippen LogP contribution in [0.4, 0.5) is 11.4 Å². The maximum Gasteiger partial charge on any atom is 0.246 e. The van der Waals surface area contributed by atoms with E-state index in [1.54, 1.807) is 0 Å². The van der Waals surface area contributed by atoms with Crippen molar-refractivity contribution >= 4 is 33.2 Å². The minimum Gasteiger partial charge on any atom is -0.374 e. The number of nitrogens with one attached hydrogen (secondary N) is 2. The lowest BCUT2D eigenvalue weighted by Crippen LogP contribution is -2.31. The average molecular weight is 333 g/mol. The Bertz CT molecular complexity index is 599. The molecule has 0 bridgehead atoms. The Balaban J connectivity index is 1.98. The van der Waals surface area contributed by atoms with E-state index in [4.69, 9.17) is 0 Å². The Labute approximate surface area is 127 Å². The molecular formula is C16H17BrN2O. The number of halogens is 1. The third-order valence-electron chi connectivity index (χ3n) is 2.98. The van der Waals surface area contributed by atoms with Crippen LogP contribution in [0, 0.1) is 6.92 Å². The average Bonchev–Trinajstić information content (AvgIpc) is 2.44. The molecule has 0 aliphatic carbocycles. The molecule has 104 valence electrons. The molecule has 0 aromatic heterocycles. The van der Waals surface area contributed by atoms with Crippen molar-refractivity contribution in [2.75, 3.05) is 10.6 Å². The summed E-state index contributed by atoms with van der Waals surface area (Å²) in [5.74, 6) is -0.0585. The number of carbonyl (C=O) groups excluding carboxylic acids is 1. The molecule has 1 unspecified atom stereocenters. The molecule has 0 spiro atoms. The predicted molar refractivity (Wildman–Crippen MR) is 87.0 cm³/mol. The number of carbonyl (C=O) groups is 1. The first-order valence-corrected chi connectivity index (χ1v) is 7.24. The Morgan fingerprint density at radius 3 is 2.45 bits per heavy atom. The Morgan fingerprint density at radius 2 is 1.80 bits per heavy atom. The van der Waals surface area contributed by atoms with Gasteiger partial charge in [0.15, 0.2) is 0 Å². The van der Waals surface area contributed by atoms with Crippen LogP contribution in [-0.2, 0) is 4.79 Å². The highest BCUT2D eigenvalue weighted by Gasteiger charge is 2.12. The van der Waals surface area contributed by atoms with E-state index in [9.17, 15) is 4.79 Å². The zero-order valence-corrected chi connectivity index (χ0v) is 13.1. The molecule has 20 heavy (non-hydrogen) atoms. The van der Waals surface area contributed by atoms with E-state index in [1.807, 2.05) is 62.4 Å². The van der Waals surface area contributed by atoms with Crippen molar-refractivity contribution in [2.24, 2.45) is 0 Å². The van der Waals surface area contributed by atoms with Gasteiger partial charge in [-0.2, -0.15) is 0 Å². The molecule has 0 heterocycles. The fraction of sp³-hybridized carbons (Fsp3) is 0.188. The SMILES string of the molecule is Cc1cc(NC(C)C(=O)Nc2ccccc2)ccc1Br. The minimum absolute atomic E-state index is 0.0585. The lowest BCUT2D eigenvalue weighted by molar-refractivity contribution is -0.116.